The van der Waals surface area contributed by atoms with Gasteiger partial charge in [0.25, 0.3) is 0 Å². The highest BCUT2D eigenvalue weighted by molar-refractivity contribution is 6.33. The minimum absolute atomic E-state index is 0.0827. The zero-order valence-electron chi connectivity index (χ0n) is 10.4. The first-order valence-corrected chi connectivity index (χ1v) is 6.11. The lowest BCUT2D eigenvalue weighted by Crippen LogP contribution is -2.43. The third-order valence-corrected chi connectivity index (χ3v) is 2.73. The largest absolute Gasteiger partial charge is 0.480 e. The van der Waals surface area contributed by atoms with Crippen LogP contribution in [0.2, 0.25) is 5.02 Å². The van der Waals surface area contributed by atoms with Crippen LogP contribution in [0.3, 0.4) is 0 Å². The van der Waals surface area contributed by atoms with Crippen LogP contribution in [0.1, 0.15) is 12.8 Å². The first kappa shape index (κ1) is 15.8. The second-order valence-electron chi connectivity index (χ2n) is 3.97. The Labute approximate surface area is 120 Å². The molecule has 108 valence electrons. The number of para-hydroxylation sites is 1. The molecule has 0 aromatic heterocycles. The molecule has 5 N–H and O–H groups in total. The van der Waals surface area contributed by atoms with Crippen LogP contribution < -0.4 is 16.4 Å². The van der Waals surface area contributed by atoms with Gasteiger partial charge in [0.15, 0.2) is 0 Å². The second-order valence-corrected chi connectivity index (χ2v) is 4.38. The van der Waals surface area contributed by atoms with Gasteiger partial charge in [-0.15, -0.1) is 0 Å². The van der Waals surface area contributed by atoms with Crippen LogP contribution in [0.5, 0.6) is 0 Å². The van der Waals surface area contributed by atoms with E-state index in [0.29, 0.717) is 10.7 Å². The minimum atomic E-state index is -1.25. The summed E-state index contributed by atoms with van der Waals surface area (Å²) in [6, 6.07) is 4.58. The van der Waals surface area contributed by atoms with Gasteiger partial charge in [0.1, 0.15) is 6.04 Å². The maximum absolute atomic E-state index is 11.7. The Morgan fingerprint density at radius 3 is 2.50 bits per heavy atom. The van der Waals surface area contributed by atoms with Crippen molar-refractivity contribution in [3.63, 3.8) is 0 Å². The number of carbonyl (C=O) groups excluding carboxylic acids is 2. The third kappa shape index (κ3) is 5.15. The molecule has 0 spiro atoms. The van der Waals surface area contributed by atoms with Crippen LogP contribution >= 0.6 is 11.6 Å². The van der Waals surface area contributed by atoms with Crippen molar-refractivity contribution >= 4 is 35.2 Å². The van der Waals surface area contributed by atoms with E-state index >= 15 is 0 Å². The van der Waals surface area contributed by atoms with Crippen LogP contribution in [0.25, 0.3) is 0 Å². The van der Waals surface area contributed by atoms with Gasteiger partial charge in [0.05, 0.1) is 10.7 Å². The summed E-state index contributed by atoms with van der Waals surface area (Å²) >= 11 is 5.85. The van der Waals surface area contributed by atoms with E-state index in [9.17, 15) is 14.4 Å². The number of carboxylic acid groups (broad SMARTS) is 1. The molecule has 3 amide bonds. The Morgan fingerprint density at radius 1 is 1.30 bits per heavy atom. The zero-order valence-corrected chi connectivity index (χ0v) is 11.2. The van der Waals surface area contributed by atoms with Crippen molar-refractivity contribution in [2.45, 2.75) is 18.9 Å². The van der Waals surface area contributed by atoms with Crippen LogP contribution in [-0.4, -0.2) is 29.1 Å². The van der Waals surface area contributed by atoms with E-state index < -0.39 is 23.9 Å². The van der Waals surface area contributed by atoms with Crippen LogP contribution in [-0.2, 0) is 9.59 Å². The summed E-state index contributed by atoms with van der Waals surface area (Å²) in [6.45, 7) is 0. The molecule has 0 heterocycles. The number of primary amides is 1. The number of carboxylic acids is 1. The highest BCUT2D eigenvalue weighted by Gasteiger charge is 2.20. The van der Waals surface area contributed by atoms with Crippen molar-refractivity contribution in [2.24, 2.45) is 5.73 Å². The molecular weight excluding hydrogens is 286 g/mol. The molecule has 0 aliphatic carbocycles. The minimum Gasteiger partial charge on any atom is -0.480 e. The number of anilines is 1. The molecule has 0 unspecified atom stereocenters. The molecule has 8 heteroatoms. The summed E-state index contributed by atoms with van der Waals surface area (Å²) in [7, 11) is 0. The van der Waals surface area contributed by atoms with E-state index in [4.69, 9.17) is 22.4 Å². The smallest absolute Gasteiger partial charge is 0.326 e. The van der Waals surface area contributed by atoms with E-state index in [1.54, 1.807) is 24.3 Å². The molecule has 1 aromatic carbocycles. The Bertz CT molecular complexity index is 521. The number of rotatable bonds is 6. The van der Waals surface area contributed by atoms with Gasteiger partial charge in [-0.25, -0.2) is 9.59 Å². The zero-order chi connectivity index (χ0) is 15.1. The molecule has 1 aromatic rings. The number of hydrogen-bond acceptors (Lipinski definition) is 3. The van der Waals surface area contributed by atoms with Crippen LogP contribution in [0.15, 0.2) is 24.3 Å². The summed E-state index contributed by atoms with van der Waals surface area (Å²) in [5, 5.41) is 13.9. The molecule has 0 saturated heterocycles. The Kier molecular flexibility index (Phi) is 5.79. The van der Waals surface area contributed by atoms with Crippen molar-refractivity contribution < 1.29 is 19.5 Å². The SMILES string of the molecule is NC(=O)CC[C@@H](NC(=O)Nc1ccccc1Cl)C(=O)O. The molecule has 0 fully saturated rings. The fourth-order valence-electron chi connectivity index (χ4n) is 1.42. The molecule has 0 radical (unpaired) electrons. The van der Waals surface area contributed by atoms with Gasteiger partial charge in [-0.2, -0.15) is 0 Å². The summed E-state index contributed by atoms with van der Waals surface area (Å²) in [4.78, 5) is 33.2. The average Bonchev–Trinajstić information content (AvgIpc) is 2.36. The van der Waals surface area contributed by atoms with Crippen molar-refractivity contribution in [1.29, 1.82) is 0 Å². The van der Waals surface area contributed by atoms with Crippen LogP contribution in [0.4, 0.5) is 10.5 Å². The standard InChI is InChI=1S/C12H14ClN3O4/c13-7-3-1-2-4-8(7)15-12(20)16-9(11(18)19)5-6-10(14)17/h1-4,9H,5-6H2,(H2,14,17)(H,18,19)(H2,15,16,20)/t9-/m1/s1. The second kappa shape index (κ2) is 7.34. The van der Waals surface area contributed by atoms with E-state index in [1.165, 1.54) is 0 Å². The van der Waals surface area contributed by atoms with Crippen molar-refractivity contribution in [3.8, 4) is 0 Å². The van der Waals surface area contributed by atoms with Gasteiger partial charge in [-0.1, -0.05) is 23.7 Å². The number of benzene rings is 1. The summed E-state index contributed by atoms with van der Waals surface area (Å²) in [5.74, 6) is -1.88. The summed E-state index contributed by atoms with van der Waals surface area (Å²) < 4.78 is 0. The topological polar surface area (TPSA) is 122 Å². The van der Waals surface area contributed by atoms with E-state index in [-0.39, 0.29) is 12.8 Å². The summed E-state index contributed by atoms with van der Waals surface area (Å²) in [5.41, 5.74) is 5.29. The summed E-state index contributed by atoms with van der Waals surface area (Å²) in [6.07, 6.45) is -0.218. The molecule has 0 aliphatic heterocycles. The molecular formula is C12H14ClN3O4. The number of hydrogen-bond donors (Lipinski definition) is 4. The van der Waals surface area contributed by atoms with Crippen molar-refractivity contribution in [1.82, 2.24) is 5.32 Å². The normalized spacial score (nSPS) is 11.4. The van der Waals surface area contributed by atoms with Crippen molar-refractivity contribution in [2.75, 3.05) is 5.32 Å². The Morgan fingerprint density at radius 2 is 1.95 bits per heavy atom. The highest BCUT2D eigenvalue weighted by atomic mass is 35.5. The van der Waals surface area contributed by atoms with E-state index in [1.807, 2.05) is 0 Å². The number of carbonyl (C=O) groups is 3. The van der Waals surface area contributed by atoms with Crippen LogP contribution in [0, 0.1) is 0 Å². The maximum atomic E-state index is 11.7. The average molecular weight is 300 g/mol. The quantitative estimate of drug-likeness (QED) is 0.630. The highest BCUT2D eigenvalue weighted by Crippen LogP contribution is 2.20. The fraction of sp³-hybridized carbons (Fsp3) is 0.250. The monoisotopic (exact) mass is 299 g/mol. The van der Waals surface area contributed by atoms with E-state index in [2.05, 4.69) is 10.6 Å². The Balaban J connectivity index is 2.60. The number of nitrogens with one attached hydrogen (secondary N) is 2. The Hall–Kier alpha value is -2.28. The predicted molar refractivity (Wildman–Crippen MR) is 73.5 cm³/mol. The number of halogens is 1. The predicted octanol–water partition coefficient (Wildman–Crippen LogP) is 1.18. The van der Waals surface area contributed by atoms with Crippen molar-refractivity contribution in [3.05, 3.63) is 29.3 Å². The molecule has 0 aliphatic rings. The molecule has 7 nitrogen and oxygen atoms in total. The molecule has 1 rings (SSSR count). The van der Waals surface area contributed by atoms with Gasteiger partial charge in [0, 0.05) is 6.42 Å². The lowest BCUT2D eigenvalue weighted by atomic mass is 10.1. The molecule has 1 atom stereocenters. The molecule has 0 saturated carbocycles. The van der Waals surface area contributed by atoms with Gasteiger partial charge < -0.3 is 21.5 Å². The first-order valence-electron chi connectivity index (χ1n) is 5.73. The lowest BCUT2D eigenvalue weighted by molar-refractivity contribution is -0.139. The number of urea groups is 1. The lowest BCUT2D eigenvalue weighted by Gasteiger charge is -2.14. The van der Waals surface area contributed by atoms with Gasteiger partial charge in [-0.05, 0) is 18.6 Å². The number of amides is 3. The van der Waals surface area contributed by atoms with Gasteiger partial charge in [-0.3, -0.25) is 4.79 Å². The first-order chi connectivity index (χ1) is 9.40. The fourth-order valence-corrected chi connectivity index (χ4v) is 1.61. The molecule has 0 bridgehead atoms. The third-order valence-electron chi connectivity index (χ3n) is 2.40. The van der Waals surface area contributed by atoms with E-state index in [0.717, 1.165) is 0 Å². The molecule has 20 heavy (non-hydrogen) atoms. The number of aliphatic carboxylic acids is 1. The number of nitrogens with two attached hydrogens (primary N) is 1. The van der Waals surface area contributed by atoms with Gasteiger partial charge >= 0.3 is 12.0 Å². The maximum Gasteiger partial charge on any atom is 0.326 e. The van der Waals surface area contributed by atoms with Gasteiger partial charge in [0.2, 0.25) is 5.91 Å².